The standard InChI is InChI=1S/C16H27N3O2/c1-13-11-15(14(2)17(13)3)16(21)12-19-6-4-5-18(7-8-19)9-10-20/h11,20H,4-10,12H2,1-3H3. The summed E-state index contributed by atoms with van der Waals surface area (Å²) < 4.78 is 2.07. The zero-order chi connectivity index (χ0) is 15.4. The Hall–Kier alpha value is -1.17. The van der Waals surface area contributed by atoms with Crippen molar-refractivity contribution in [2.75, 3.05) is 45.9 Å². The van der Waals surface area contributed by atoms with Gasteiger partial charge in [-0.2, -0.15) is 0 Å². The quantitative estimate of drug-likeness (QED) is 0.817. The zero-order valence-corrected chi connectivity index (χ0v) is 13.4. The zero-order valence-electron chi connectivity index (χ0n) is 13.4. The molecule has 5 nitrogen and oxygen atoms in total. The summed E-state index contributed by atoms with van der Waals surface area (Å²) in [5.74, 6) is 0.215. The van der Waals surface area contributed by atoms with Gasteiger partial charge in [0.15, 0.2) is 5.78 Å². The van der Waals surface area contributed by atoms with E-state index in [4.69, 9.17) is 5.11 Å². The van der Waals surface area contributed by atoms with Crippen molar-refractivity contribution < 1.29 is 9.90 Å². The van der Waals surface area contributed by atoms with Crippen LogP contribution in [0.3, 0.4) is 0 Å². The lowest BCUT2D eigenvalue weighted by Crippen LogP contribution is -2.35. The number of aromatic nitrogens is 1. The maximum Gasteiger partial charge on any atom is 0.178 e. The van der Waals surface area contributed by atoms with E-state index >= 15 is 0 Å². The van der Waals surface area contributed by atoms with Gasteiger partial charge in [-0.1, -0.05) is 0 Å². The third-order valence-electron chi connectivity index (χ3n) is 4.54. The number of Topliss-reactive ketones (excluding diaryl/α,β-unsaturated/α-hetero) is 1. The van der Waals surface area contributed by atoms with Crippen LogP contribution < -0.4 is 0 Å². The molecular weight excluding hydrogens is 266 g/mol. The molecule has 1 saturated heterocycles. The van der Waals surface area contributed by atoms with Gasteiger partial charge in [-0.25, -0.2) is 0 Å². The lowest BCUT2D eigenvalue weighted by Gasteiger charge is -2.20. The smallest absolute Gasteiger partial charge is 0.178 e. The number of ketones is 1. The fourth-order valence-corrected chi connectivity index (χ4v) is 2.97. The Morgan fingerprint density at radius 3 is 2.48 bits per heavy atom. The summed E-state index contributed by atoms with van der Waals surface area (Å²) in [7, 11) is 2.00. The van der Waals surface area contributed by atoms with Gasteiger partial charge in [-0.05, 0) is 39.4 Å². The molecule has 2 heterocycles. The van der Waals surface area contributed by atoms with Crippen LogP contribution in [0.5, 0.6) is 0 Å². The van der Waals surface area contributed by atoms with Crippen molar-refractivity contribution >= 4 is 5.78 Å². The molecule has 0 aliphatic carbocycles. The van der Waals surface area contributed by atoms with E-state index < -0.39 is 0 Å². The van der Waals surface area contributed by atoms with Gasteiger partial charge >= 0.3 is 0 Å². The summed E-state index contributed by atoms with van der Waals surface area (Å²) in [4.78, 5) is 17.0. The summed E-state index contributed by atoms with van der Waals surface area (Å²) in [5, 5.41) is 9.02. The summed E-state index contributed by atoms with van der Waals surface area (Å²) >= 11 is 0. The van der Waals surface area contributed by atoms with Crippen LogP contribution in [-0.2, 0) is 7.05 Å². The Morgan fingerprint density at radius 2 is 1.86 bits per heavy atom. The minimum absolute atomic E-state index is 0.210. The monoisotopic (exact) mass is 293 g/mol. The second kappa shape index (κ2) is 7.20. The number of rotatable bonds is 5. The lowest BCUT2D eigenvalue weighted by atomic mass is 10.1. The van der Waals surface area contributed by atoms with E-state index in [1.54, 1.807) is 0 Å². The molecule has 0 atom stereocenters. The fraction of sp³-hybridized carbons (Fsp3) is 0.688. The molecule has 1 fully saturated rings. The summed E-state index contributed by atoms with van der Waals surface area (Å²) in [6.07, 6.45) is 1.06. The Bertz CT molecular complexity index is 496. The highest BCUT2D eigenvalue weighted by atomic mass is 16.3. The molecular formula is C16H27N3O2. The maximum atomic E-state index is 12.5. The molecule has 0 amide bonds. The number of carbonyl (C=O) groups excluding carboxylic acids is 1. The van der Waals surface area contributed by atoms with Crippen molar-refractivity contribution in [2.45, 2.75) is 20.3 Å². The van der Waals surface area contributed by atoms with Crippen LogP contribution in [0, 0.1) is 13.8 Å². The molecule has 1 aromatic rings. The number of aliphatic hydroxyl groups excluding tert-OH is 1. The van der Waals surface area contributed by atoms with E-state index in [-0.39, 0.29) is 12.4 Å². The molecule has 2 rings (SSSR count). The fourth-order valence-electron chi connectivity index (χ4n) is 2.97. The number of hydrogen-bond acceptors (Lipinski definition) is 4. The molecule has 0 unspecified atom stereocenters. The van der Waals surface area contributed by atoms with Crippen LogP contribution in [0.2, 0.25) is 0 Å². The average Bonchev–Trinajstić information content (AvgIpc) is 2.64. The van der Waals surface area contributed by atoms with E-state index in [2.05, 4.69) is 14.4 Å². The van der Waals surface area contributed by atoms with E-state index in [0.717, 1.165) is 56.1 Å². The van der Waals surface area contributed by atoms with Gasteiger partial charge in [0.1, 0.15) is 0 Å². The van der Waals surface area contributed by atoms with Crippen LogP contribution in [0.25, 0.3) is 0 Å². The minimum atomic E-state index is 0.210. The second-order valence-corrected chi connectivity index (χ2v) is 5.96. The van der Waals surface area contributed by atoms with Gasteiger partial charge in [0.05, 0.1) is 13.2 Å². The number of hydrogen-bond donors (Lipinski definition) is 1. The van der Waals surface area contributed by atoms with E-state index in [9.17, 15) is 4.79 Å². The molecule has 0 saturated carbocycles. The topological polar surface area (TPSA) is 48.7 Å². The molecule has 0 radical (unpaired) electrons. The highest BCUT2D eigenvalue weighted by Gasteiger charge is 2.20. The molecule has 1 aliphatic rings. The molecule has 0 bridgehead atoms. The second-order valence-electron chi connectivity index (χ2n) is 5.96. The molecule has 21 heavy (non-hydrogen) atoms. The van der Waals surface area contributed by atoms with Crippen LogP contribution in [-0.4, -0.2) is 71.1 Å². The number of nitrogens with zero attached hydrogens (tertiary/aromatic N) is 3. The third kappa shape index (κ3) is 3.93. The van der Waals surface area contributed by atoms with Gasteiger partial charge in [0.25, 0.3) is 0 Å². The van der Waals surface area contributed by atoms with E-state index in [0.29, 0.717) is 6.54 Å². The van der Waals surface area contributed by atoms with Crippen molar-refractivity contribution in [3.8, 4) is 0 Å². The molecule has 1 N–H and O–H groups in total. The number of aliphatic hydroxyl groups is 1. The Morgan fingerprint density at radius 1 is 1.19 bits per heavy atom. The van der Waals surface area contributed by atoms with E-state index in [1.165, 1.54) is 0 Å². The van der Waals surface area contributed by atoms with Gasteiger partial charge in [-0.15, -0.1) is 0 Å². The molecule has 5 heteroatoms. The van der Waals surface area contributed by atoms with Crippen molar-refractivity contribution in [1.29, 1.82) is 0 Å². The Kier molecular flexibility index (Phi) is 5.56. The van der Waals surface area contributed by atoms with Crippen molar-refractivity contribution in [3.63, 3.8) is 0 Å². The van der Waals surface area contributed by atoms with Crippen molar-refractivity contribution in [2.24, 2.45) is 7.05 Å². The van der Waals surface area contributed by atoms with Crippen LogP contribution in [0.15, 0.2) is 6.07 Å². The molecule has 118 valence electrons. The van der Waals surface area contributed by atoms with Gasteiger partial charge < -0.3 is 9.67 Å². The Balaban J connectivity index is 1.95. The first-order chi connectivity index (χ1) is 10.0. The largest absolute Gasteiger partial charge is 0.395 e. The molecule has 0 aromatic carbocycles. The predicted molar refractivity (Wildman–Crippen MR) is 83.8 cm³/mol. The van der Waals surface area contributed by atoms with Gasteiger partial charge in [0.2, 0.25) is 0 Å². The minimum Gasteiger partial charge on any atom is -0.395 e. The molecule has 1 aromatic heterocycles. The predicted octanol–water partition coefficient (Wildman–Crippen LogP) is 0.825. The van der Waals surface area contributed by atoms with Crippen molar-refractivity contribution in [1.82, 2.24) is 14.4 Å². The van der Waals surface area contributed by atoms with Crippen LogP contribution in [0.4, 0.5) is 0 Å². The molecule has 0 spiro atoms. The number of aryl methyl sites for hydroxylation is 1. The van der Waals surface area contributed by atoms with Gasteiger partial charge in [-0.3, -0.25) is 14.6 Å². The first kappa shape index (κ1) is 16.2. The highest BCUT2D eigenvalue weighted by molar-refractivity contribution is 5.99. The first-order valence-corrected chi connectivity index (χ1v) is 7.74. The maximum absolute atomic E-state index is 12.5. The lowest BCUT2D eigenvalue weighted by molar-refractivity contribution is 0.0931. The normalized spacial score (nSPS) is 17.9. The summed E-state index contributed by atoms with van der Waals surface area (Å²) in [6, 6.07) is 1.99. The number of β-amino-alcohol motifs (C(OH)–C–C–N with tert-alkyl or cyclic N) is 1. The number of carbonyl (C=O) groups is 1. The van der Waals surface area contributed by atoms with Crippen molar-refractivity contribution in [3.05, 3.63) is 23.0 Å². The highest BCUT2D eigenvalue weighted by Crippen LogP contribution is 2.15. The summed E-state index contributed by atoms with van der Waals surface area (Å²) in [6.45, 7) is 9.27. The average molecular weight is 293 g/mol. The Labute approximate surface area is 127 Å². The van der Waals surface area contributed by atoms with Crippen LogP contribution >= 0.6 is 0 Å². The van der Waals surface area contributed by atoms with E-state index in [1.807, 2.05) is 27.0 Å². The first-order valence-electron chi connectivity index (χ1n) is 7.74. The molecule has 1 aliphatic heterocycles. The SMILES string of the molecule is Cc1cc(C(=O)CN2CCCN(CCO)CC2)c(C)n1C. The summed E-state index contributed by atoms with van der Waals surface area (Å²) in [5.41, 5.74) is 3.03. The third-order valence-corrected chi connectivity index (χ3v) is 4.54. The van der Waals surface area contributed by atoms with Gasteiger partial charge in [0, 0.05) is 43.6 Å². The van der Waals surface area contributed by atoms with Crippen LogP contribution in [0.1, 0.15) is 28.2 Å².